The van der Waals surface area contributed by atoms with Crippen LogP contribution in [0.4, 0.5) is 10.2 Å². The number of nitrogens with one attached hydrogen (secondary N) is 3. The Labute approximate surface area is 181 Å². The van der Waals surface area contributed by atoms with E-state index in [1.54, 1.807) is 25.3 Å². The number of hydrogen-bond donors (Lipinski definition) is 3. The summed E-state index contributed by atoms with van der Waals surface area (Å²) < 4.78 is 18.5. The minimum atomic E-state index is -0.394. The van der Waals surface area contributed by atoms with Gasteiger partial charge in [-0.15, -0.1) is 11.3 Å². The Morgan fingerprint density at radius 3 is 2.74 bits per heavy atom. The van der Waals surface area contributed by atoms with E-state index < -0.39 is 5.82 Å². The summed E-state index contributed by atoms with van der Waals surface area (Å²) in [6, 6.07) is 15.0. The van der Waals surface area contributed by atoms with Gasteiger partial charge in [0.1, 0.15) is 16.4 Å². The van der Waals surface area contributed by atoms with Crippen LogP contribution in [0.25, 0.3) is 10.2 Å². The van der Waals surface area contributed by atoms with Crippen LogP contribution in [0.1, 0.15) is 20.8 Å². The quantitative estimate of drug-likeness (QED) is 0.408. The SMILES string of the molecule is COc1cccc(CNC(=O)c2cc3c(NC(=O)Cc4cccc(F)c4)n[nH]c3s2)c1. The Balaban J connectivity index is 1.41. The monoisotopic (exact) mass is 438 g/mol. The summed E-state index contributed by atoms with van der Waals surface area (Å²) in [6.07, 6.45) is 0.0180. The Morgan fingerprint density at radius 1 is 1.13 bits per heavy atom. The van der Waals surface area contributed by atoms with E-state index in [0.717, 1.165) is 11.3 Å². The number of anilines is 1. The zero-order valence-electron chi connectivity index (χ0n) is 16.6. The Bertz CT molecular complexity index is 1250. The van der Waals surface area contributed by atoms with Crippen molar-refractivity contribution in [1.82, 2.24) is 15.5 Å². The maximum Gasteiger partial charge on any atom is 0.261 e. The molecule has 0 bridgehead atoms. The van der Waals surface area contributed by atoms with E-state index in [-0.39, 0.29) is 18.2 Å². The summed E-state index contributed by atoms with van der Waals surface area (Å²) in [5.41, 5.74) is 1.48. The molecule has 2 heterocycles. The van der Waals surface area contributed by atoms with Crippen molar-refractivity contribution in [3.8, 4) is 5.75 Å². The number of nitrogens with zero attached hydrogens (tertiary/aromatic N) is 1. The molecular formula is C22H19FN4O3S. The molecule has 2 amide bonds. The molecule has 0 unspecified atom stereocenters. The van der Waals surface area contributed by atoms with Crippen molar-refractivity contribution >= 4 is 39.2 Å². The third-order valence-electron chi connectivity index (χ3n) is 4.58. The van der Waals surface area contributed by atoms with Crippen molar-refractivity contribution in [1.29, 1.82) is 0 Å². The largest absolute Gasteiger partial charge is 0.497 e. The number of rotatable bonds is 7. The molecule has 0 aliphatic heterocycles. The number of H-pyrrole nitrogens is 1. The van der Waals surface area contributed by atoms with Crippen molar-refractivity contribution in [3.63, 3.8) is 0 Å². The zero-order chi connectivity index (χ0) is 21.8. The molecule has 7 nitrogen and oxygen atoms in total. The fourth-order valence-electron chi connectivity index (χ4n) is 3.08. The van der Waals surface area contributed by atoms with E-state index >= 15 is 0 Å². The van der Waals surface area contributed by atoms with E-state index in [4.69, 9.17) is 4.74 Å². The second-order valence-corrected chi connectivity index (χ2v) is 7.87. The van der Waals surface area contributed by atoms with Crippen LogP contribution in [0, 0.1) is 5.82 Å². The first-order valence-corrected chi connectivity index (χ1v) is 10.3. The number of aromatic nitrogens is 2. The number of halogens is 1. The highest BCUT2D eigenvalue weighted by Gasteiger charge is 2.16. The molecule has 9 heteroatoms. The summed E-state index contributed by atoms with van der Waals surface area (Å²) in [4.78, 5) is 26.0. The van der Waals surface area contributed by atoms with Crippen LogP contribution >= 0.6 is 11.3 Å². The number of aromatic amines is 1. The number of thiophene rings is 1. The highest BCUT2D eigenvalue weighted by molar-refractivity contribution is 7.20. The Hall–Kier alpha value is -3.72. The van der Waals surface area contributed by atoms with Gasteiger partial charge in [-0.1, -0.05) is 24.3 Å². The number of methoxy groups -OCH3 is 1. The second-order valence-electron chi connectivity index (χ2n) is 6.81. The van der Waals surface area contributed by atoms with Gasteiger partial charge in [-0.05, 0) is 41.5 Å². The number of ether oxygens (including phenoxy) is 1. The minimum Gasteiger partial charge on any atom is -0.497 e. The van der Waals surface area contributed by atoms with Gasteiger partial charge in [0.25, 0.3) is 5.91 Å². The average Bonchev–Trinajstić information content (AvgIpc) is 3.34. The van der Waals surface area contributed by atoms with Gasteiger partial charge in [-0.25, -0.2) is 4.39 Å². The highest BCUT2D eigenvalue weighted by atomic mass is 32.1. The Kier molecular flexibility index (Phi) is 5.94. The first-order chi connectivity index (χ1) is 15.0. The van der Waals surface area contributed by atoms with Gasteiger partial charge in [0.2, 0.25) is 5.91 Å². The van der Waals surface area contributed by atoms with Gasteiger partial charge in [-0.2, -0.15) is 5.10 Å². The molecule has 31 heavy (non-hydrogen) atoms. The third kappa shape index (κ3) is 4.89. The molecule has 4 aromatic rings. The summed E-state index contributed by atoms with van der Waals surface area (Å²) in [5, 5.41) is 13.2. The Morgan fingerprint density at radius 2 is 1.94 bits per heavy atom. The summed E-state index contributed by atoms with van der Waals surface area (Å²) >= 11 is 1.25. The molecule has 4 rings (SSSR count). The fourth-order valence-corrected chi connectivity index (χ4v) is 4.00. The van der Waals surface area contributed by atoms with Crippen LogP contribution in [-0.4, -0.2) is 29.1 Å². The van der Waals surface area contributed by atoms with Gasteiger partial charge >= 0.3 is 0 Å². The van der Waals surface area contributed by atoms with Crippen molar-refractivity contribution < 1.29 is 18.7 Å². The molecular weight excluding hydrogens is 419 g/mol. The number of amides is 2. The second kappa shape index (κ2) is 8.97. The molecule has 3 N–H and O–H groups in total. The number of benzene rings is 2. The van der Waals surface area contributed by atoms with Crippen LogP contribution in [0.15, 0.2) is 54.6 Å². The predicted octanol–water partition coefficient (Wildman–Crippen LogP) is 3.88. The molecule has 0 spiro atoms. The summed E-state index contributed by atoms with van der Waals surface area (Å²) in [5.74, 6) is 0.110. The number of fused-ring (bicyclic) bond motifs is 1. The summed E-state index contributed by atoms with van der Waals surface area (Å²) in [6.45, 7) is 0.358. The smallest absolute Gasteiger partial charge is 0.261 e. The molecule has 158 valence electrons. The van der Waals surface area contributed by atoms with Gasteiger partial charge in [0, 0.05) is 6.54 Å². The molecule has 0 aliphatic rings. The number of hydrogen-bond acceptors (Lipinski definition) is 5. The molecule has 2 aromatic carbocycles. The van der Waals surface area contributed by atoms with E-state index in [2.05, 4.69) is 20.8 Å². The van der Waals surface area contributed by atoms with E-state index in [1.165, 1.54) is 23.5 Å². The molecule has 0 aliphatic carbocycles. The number of carbonyl (C=O) groups is 2. The van der Waals surface area contributed by atoms with Gasteiger partial charge in [0.05, 0.1) is 23.8 Å². The first-order valence-electron chi connectivity index (χ1n) is 9.45. The van der Waals surface area contributed by atoms with Crippen molar-refractivity contribution in [2.75, 3.05) is 12.4 Å². The molecule has 2 aromatic heterocycles. The minimum absolute atomic E-state index is 0.0180. The molecule has 0 atom stereocenters. The molecule has 0 fully saturated rings. The predicted molar refractivity (Wildman–Crippen MR) is 117 cm³/mol. The lowest BCUT2D eigenvalue weighted by molar-refractivity contribution is -0.115. The maximum absolute atomic E-state index is 13.3. The topological polar surface area (TPSA) is 96.1 Å². The van der Waals surface area contributed by atoms with Crippen LogP contribution < -0.4 is 15.4 Å². The van der Waals surface area contributed by atoms with Gasteiger partial charge in [-0.3, -0.25) is 14.7 Å². The first kappa shape index (κ1) is 20.5. The lowest BCUT2D eigenvalue weighted by Gasteiger charge is -2.06. The molecule has 0 saturated heterocycles. The average molecular weight is 438 g/mol. The van der Waals surface area contributed by atoms with E-state index in [0.29, 0.717) is 33.0 Å². The molecule has 0 radical (unpaired) electrons. The fraction of sp³-hybridized carbons (Fsp3) is 0.136. The highest BCUT2D eigenvalue weighted by Crippen LogP contribution is 2.29. The third-order valence-corrected chi connectivity index (χ3v) is 5.62. The van der Waals surface area contributed by atoms with Crippen LogP contribution in [0.3, 0.4) is 0 Å². The van der Waals surface area contributed by atoms with Crippen LogP contribution in [-0.2, 0) is 17.8 Å². The van der Waals surface area contributed by atoms with Gasteiger partial charge < -0.3 is 15.4 Å². The van der Waals surface area contributed by atoms with Crippen molar-refractivity contribution in [3.05, 3.63) is 76.4 Å². The van der Waals surface area contributed by atoms with Crippen molar-refractivity contribution in [2.24, 2.45) is 0 Å². The summed E-state index contributed by atoms with van der Waals surface area (Å²) in [7, 11) is 1.59. The number of carbonyl (C=O) groups excluding carboxylic acids is 2. The van der Waals surface area contributed by atoms with Crippen LogP contribution in [0.2, 0.25) is 0 Å². The normalized spacial score (nSPS) is 10.8. The standard InChI is InChI=1S/C22H19FN4O3S/c1-30-16-7-3-5-14(9-16)12-24-21(29)18-11-17-20(26-27-22(17)31-18)25-19(28)10-13-4-2-6-15(23)8-13/h2-9,11H,10,12H2,1H3,(H,24,29)(H2,25,26,27,28). The van der Waals surface area contributed by atoms with E-state index in [1.807, 2.05) is 24.3 Å². The van der Waals surface area contributed by atoms with Crippen molar-refractivity contribution in [2.45, 2.75) is 13.0 Å². The maximum atomic E-state index is 13.3. The van der Waals surface area contributed by atoms with Crippen LogP contribution in [0.5, 0.6) is 5.75 Å². The van der Waals surface area contributed by atoms with Gasteiger partial charge in [0.15, 0.2) is 5.82 Å². The molecule has 0 saturated carbocycles. The lowest BCUT2D eigenvalue weighted by atomic mass is 10.1. The lowest BCUT2D eigenvalue weighted by Crippen LogP contribution is -2.21. The zero-order valence-corrected chi connectivity index (χ0v) is 17.4. The van der Waals surface area contributed by atoms with E-state index in [9.17, 15) is 14.0 Å².